The maximum atomic E-state index is 13.0. The number of methoxy groups -OCH3 is 1. The molecular weight excluding hydrogens is 436 g/mol. The SMILES string of the molecule is COC(=O)c1c(NC(=O)c2cccc(Cl)c2)sc(C(=O)Nc2ccc(C)cc2C)c1C. The van der Waals surface area contributed by atoms with Crippen LogP contribution in [0, 0.1) is 20.8 Å². The molecule has 0 aliphatic rings. The fourth-order valence-corrected chi connectivity index (χ4v) is 4.38. The normalized spacial score (nSPS) is 10.5. The average Bonchev–Trinajstić information content (AvgIpc) is 3.05. The van der Waals surface area contributed by atoms with Gasteiger partial charge in [0.15, 0.2) is 0 Å². The van der Waals surface area contributed by atoms with Crippen LogP contribution >= 0.6 is 22.9 Å². The summed E-state index contributed by atoms with van der Waals surface area (Å²) >= 11 is 6.98. The van der Waals surface area contributed by atoms with Crippen molar-refractivity contribution in [2.24, 2.45) is 0 Å². The van der Waals surface area contributed by atoms with Gasteiger partial charge in [0.1, 0.15) is 5.00 Å². The molecule has 8 heteroatoms. The lowest BCUT2D eigenvalue weighted by molar-refractivity contribution is 0.0601. The van der Waals surface area contributed by atoms with Gasteiger partial charge in [0, 0.05) is 16.3 Å². The van der Waals surface area contributed by atoms with Crippen molar-refractivity contribution in [3.05, 3.63) is 80.2 Å². The van der Waals surface area contributed by atoms with Crippen molar-refractivity contribution in [2.45, 2.75) is 20.8 Å². The lowest BCUT2D eigenvalue weighted by Gasteiger charge is -2.08. The Kier molecular flexibility index (Phi) is 6.77. The number of hydrogen-bond donors (Lipinski definition) is 2. The zero-order chi connectivity index (χ0) is 22.7. The molecule has 0 unspecified atom stereocenters. The number of anilines is 2. The number of rotatable bonds is 5. The van der Waals surface area contributed by atoms with Crippen LogP contribution < -0.4 is 10.6 Å². The van der Waals surface area contributed by atoms with Gasteiger partial charge in [-0.05, 0) is 56.2 Å². The zero-order valence-corrected chi connectivity index (χ0v) is 19.0. The molecule has 2 amide bonds. The van der Waals surface area contributed by atoms with E-state index in [0.717, 1.165) is 22.5 Å². The number of hydrogen-bond acceptors (Lipinski definition) is 5. The van der Waals surface area contributed by atoms with Gasteiger partial charge in [-0.2, -0.15) is 0 Å². The molecule has 1 heterocycles. The third-order valence-corrected chi connectivity index (χ3v) is 6.13. The largest absolute Gasteiger partial charge is 0.465 e. The molecule has 1 aromatic heterocycles. The number of amides is 2. The first-order valence-corrected chi connectivity index (χ1v) is 10.6. The van der Waals surface area contributed by atoms with E-state index in [9.17, 15) is 14.4 Å². The van der Waals surface area contributed by atoms with Gasteiger partial charge in [-0.25, -0.2) is 4.79 Å². The van der Waals surface area contributed by atoms with Crippen LogP contribution in [0.2, 0.25) is 5.02 Å². The molecule has 0 spiro atoms. The predicted octanol–water partition coefficient (Wildman–Crippen LogP) is 5.62. The molecule has 3 rings (SSSR count). The summed E-state index contributed by atoms with van der Waals surface area (Å²) in [5.41, 5.74) is 3.59. The highest BCUT2D eigenvalue weighted by atomic mass is 35.5. The standard InChI is InChI=1S/C23H21ClN2O4S/c1-12-8-9-17(13(2)10-12)25-21(28)19-14(3)18(23(29)30-4)22(31-19)26-20(27)15-6-5-7-16(24)11-15/h5-11H,1-4H3,(H,25,28)(H,26,27). The summed E-state index contributed by atoms with van der Waals surface area (Å²) in [6, 6.07) is 12.1. The number of esters is 1. The number of carbonyl (C=O) groups is 3. The van der Waals surface area contributed by atoms with Gasteiger partial charge >= 0.3 is 5.97 Å². The summed E-state index contributed by atoms with van der Waals surface area (Å²) in [6.07, 6.45) is 0. The van der Waals surface area contributed by atoms with Crippen LogP contribution in [-0.2, 0) is 4.74 Å². The van der Waals surface area contributed by atoms with Gasteiger partial charge in [0.2, 0.25) is 0 Å². The summed E-state index contributed by atoms with van der Waals surface area (Å²) in [5.74, 6) is -1.46. The topological polar surface area (TPSA) is 84.5 Å². The Labute approximate surface area is 189 Å². The van der Waals surface area contributed by atoms with E-state index in [1.165, 1.54) is 13.2 Å². The molecule has 0 aliphatic carbocycles. The second-order valence-corrected chi connectivity index (χ2v) is 8.45. The summed E-state index contributed by atoms with van der Waals surface area (Å²) in [5, 5.41) is 6.23. The number of halogens is 1. The van der Waals surface area contributed by atoms with Crippen molar-refractivity contribution >= 4 is 51.4 Å². The lowest BCUT2D eigenvalue weighted by Crippen LogP contribution is -2.14. The third kappa shape index (κ3) is 4.95. The summed E-state index contributed by atoms with van der Waals surface area (Å²) < 4.78 is 4.87. The fraction of sp³-hybridized carbons (Fsp3) is 0.174. The van der Waals surface area contributed by atoms with Gasteiger partial charge in [-0.1, -0.05) is 35.4 Å². The average molecular weight is 457 g/mol. The van der Waals surface area contributed by atoms with E-state index in [1.54, 1.807) is 25.1 Å². The quantitative estimate of drug-likeness (QED) is 0.488. The van der Waals surface area contributed by atoms with Gasteiger partial charge in [-0.15, -0.1) is 11.3 Å². The van der Waals surface area contributed by atoms with Crippen LogP contribution in [0.3, 0.4) is 0 Å². The van der Waals surface area contributed by atoms with E-state index in [-0.39, 0.29) is 16.5 Å². The fourth-order valence-electron chi connectivity index (χ4n) is 3.10. The Balaban J connectivity index is 1.95. The Hall–Kier alpha value is -3.16. The Morgan fingerprint density at radius 2 is 1.71 bits per heavy atom. The van der Waals surface area contributed by atoms with Crippen molar-refractivity contribution < 1.29 is 19.1 Å². The molecule has 31 heavy (non-hydrogen) atoms. The Morgan fingerprint density at radius 1 is 0.968 bits per heavy atom. The maximum absolute atomic E-state index is 13.0. The van der Waals surface area contributed by atoms with Crippen molar-refractivity contribution in [3.63, 3.8) is 0 Å². The predicted molar refractivity (Wildman–Crippen MR) is 124 cm³/mol. The molecule has 0 fully saturated rings. The van der Waals surface area contributed by atoms with E-state index in [2.05, 4.69) is 10.6 Å². The highest BCUT2D eigenvalue weighted by Gasteiger charge is 2.27. The van der Waals surface area contributed by atoms with E-state index in [0.29, 0.717) is 26.7 Å². The van der Waals surface area contributed by atoms with Crippen LogP contribution in [0.5, 0.6) is 0 Å². The molecule has 0 saturated carbocycles. The number of ether oxygens (including phenoxy) is 1. The minimum Gasteiger partial charge on any atom is -0.465 e. The van der Waals surface area contributed by atoms with Gasteiger partial charge in [0.25, 0.3) is 11.8 Å². The molecule has 0 radical (unpaired) electrons. The second-order valence-electron chi connectivity index (χ2n) is 6.99. The van der Waals surface area contributed by atoms with Crippen LogP contribution in [-0.4, -0.2) is 24.9 Å². The van der Waals surface area contributed by atoms with E-state index in [1.807, 2.05) is 32.0 Å². The molecule has 2 aromatic carbocycles. The Bertz CT molecular complexity index is 1190. The minimum atomic E-state index is -0.638. The Morgan fingerprint density at radius 3 is 2.35 bits per heavy atom. The van der Waals surface area contributed by atoms with Crippen LogP contribution in [0.1, 0.15) is 47.1 Å². The molecule has 0 aliphatic heterocycles. The molecule has 0 atom stereocenters. The monoisotopic (exact) mass is 456 g/mol. The molecule has 0 saturated heterocycles. The highest BCUT2D eigenvalue weighted by molar-refractivity contribution is 7.19. The summed E-state index contributed by atoms with van der Waals surface area (Å²) in [7, 11) is 1.25. The van der Waals surface area contributed by atoms with Gasteiger partial charge < -0.3 is 15.4 Å². The smallest absolute Gasteiger partial charge is 0.341 e. The number of aryl methyl sites for hydroxylation is 2. The van der Waals surface area contributed by atoms with Crippen LogP contribution in [0.4, 0.5) is 10.7 Å². The summed E-state index contributed by atoms with van der Waals surface area (Å²) in [6.45, 7) is 5.52. The van der Waals surface area contributed by atoms with Crippen molar-refractivity contribution in [1.29, 1.82) is 0 Å². The molecule has 6 nitrogen and oxygen atoms in total. The van der Waals surface area contributed by atoms with Gasteiger partial charge in [0.05, 0.1) is 17.6 Å². The van der Waals surface area contributed by atoms with E-state index in [4.69, 9.17) is 16.3 Å². The van der Waals surface area contributed by atoms with Crippen LogP contribution in [0.25, 0.3) is 0 Å². The van der Waals surface area contributed by atoms with Crippen molar-refractivity contribution in [1.82, 2.24) is 0 Å². The zero-order valence-electron chi connectivity index (χ0n) is 17.5. The van der Waals surface area contributed by atoms with Crippen molar-refractivity contribution in [2.75, 3.05) is 17.7 Å². The van der Waals surface area contributed by atoms with Crippen molar-refractivity contribution in [3.8, 4) is 0 Å². The summed E-state index contributed by atoms with van der Waals surface area (Å²) in [4.78, 5) is 38.3. The molecule has 160 valence electrons. The third-order valence-electron chi connectivity index (χ3n) is 4.69. The highest BCUT2D eigenvalue weighted by Crippen LogP contribution is 2.35. The van der Waals surface area contributed by atoms with Crippen LogP contribution in [0.15, 0.2) is 42.5 Å². The molecule has 0 bridgehead atoms. The number of carbonyl (C=O) groups excluding carboxylic acids is 3. The number of nitrogens with one attached hydrogen (secondary N) is 2. The number of benzene rings is 2. The maximum Gasteiger partial charge on any atom is 0.341 e. The number of thiophene rings is 1. The van der Waals surface area contributed by atoms with E-state index >= 15 is 0 Å². The van der Waals surface area contributed by atoms with E-state index < -0.39 is 11.9 Å². The van der Waals surface area contributed by atoms with Gasteiger partial charge in [-0.3, -0.25) is 9.59 Å². The first kappa shape index (κ1) is 22.5. The lowest BCUT2D eigenvalue weighted by atomic mass is 10.1. The first-order valence-electron chi connectivity index (χ1n) is 9.38. The second kappa shape index (κ2) is 9.32. The molecule has 3 aromatic rings. The minimum absolute atomic E-state index is 0.147. The molecule has 2 N–H and O–H groups in total. The first-order chi connectivity index (χ1) is 14.7. The molecular formula is C23H21ClN2O4S.